The smallest absolute Gasteiger partial charge is 0.0916 e. The molecule has 46 valence electrons. The zero-order chi connectivity index (χ0) is 6.41. The van der Waals surface area contributed by atoms with Crippen molar-refractivity contribution in [3.8, 4) is 0 Å². The molecule has 0 fully saturated rings. The largest absolute Gasteiger partial charge is 0.394 e. The molecule has 0 aromatic heterocycles. The Balaban J connectivity index is 3.35. The van der Waals surface area contributed by atoms with Crippen molar-refractivity contribution in [3.63, 3.8) is 0 Å². The second-order valence-electron chi connectivity index (χ2n) is 1.37. The Kier molecular flexibility index (Phi) is 3.98. The Bertz CT molecular complexity index is 88.5. The second kappa shape index (κ2) is 4.40. The van der Waals surface area contributed by atoms with Crippen molar-refractivity contribution in [1.82, 2.24) is 5.32 Å². The van der Waals surface area contributed by atoms with Crippen LogP contribution in [0.3, 0.4) is 0 Å². The van der Waals surface area contributed by atoms with Gasteiger partial charge in [0.05, 0.1) is 6.10 Å². The van der Waals surface area contributed by atoms with Gasteiger partial charge in [-0.25, -0.2) is 0 Å². The lowest BCUT2D eigenvalue weighted by molar-refractivity contribution is 0.271. The average Bonchev–Trinajstić information content (AvgIpc) is 1.83. The summed E-state index contributed by atoms with van der Waals surface area (Å²) in [5.41, 5.74) is 0. The minimum atomic E-state index is -0.526. The van der Waals surface area contributed by atoms with Crippen molar-refractivity contribution in [2.75, 3.05) is 7.05 Å². The van der Waals surface area contributed by atoms with Crippen LogP contribution in [0.15, 0.2) is 24.9 Å². The van der Waals surface area contributed by atoms with Gasteiger partial charge >= 0.3 is 0 Å². The van der Waals surface area contributed by atoms with Gasteiger partial charge in [-0.1, -0.05) is 6.08 Å². The van der Waals surface area contributed by atoms with Gasteiger partial charge in [-0.15, -0.1) is 6.58 Å². The Morgan fingerprint density at radius 3 is 2.75 bits per heavy atom. The van der Waals surface area contributed by atoms with Crippen LogP contribution in [0.2, 0.25) is 0 Å². The fraction of sp³-hybridized carbons (Fsp3) is 0.333. The molecule has 2 N–H and O–H groups in total. The maximum Gasteiger partial charge on any atom is 0.0916 e. The molecule has 0 heterocycles. The lowest BCUT2D eigenvalue weighted by Gasteiger charge is -1.92. The first-order valence-electron chi connectivity index (χ1n) is 2.46. The minimum Gasteiger partial charge on any atom is -0.394 e. The fourth-order valence-electron chi connectivity index (χ4n) is 0.273. The minimum absolute atomic E-state index is 0.526. The van der Waals surface area contributed by atoms with Crippen molar-refractivity contribution in [1.29, 1.82) is 0 Å². The molecule has 0 aliphatic rings. The van der Waals surface area contributed by atoms with Gasteiger partial charge in [-0.2, -0.15) is 0 Å². The van der Waals surface area contributed by atoms with Gasteiger partial charge in [0.2, 0.25) is 0 Å². The number of aliphatic hydroxyl groups is 1. The maximum atomic E-state index is 8.74. The molecule has 2 heteroatoms. The van der Waals surface area contributed by atoms with E-state index in [9.17, 15) is 0 Å². The summed E-state index contributed by atoms with van der Waals surface area (Å²) in [5, 5.41) is 11.5. The lowest BCUT2D eigenvalue weighted by atomic mass is 10.3. The van der Waals surface area contributed by atoms with E-state index in [1.54, 1.807) is 19.3 Å². The van der Waals surface area contributed by atoms with E-state index in [1.165, 1.54) is 6.08 Å². The first-order chi connectivity index (χ1) is 3.81. The second-order valence-corrected chi connectivity index (χ2v) is 1.37. The van der Waals surface area contributed by atoms with E-state index in [-0.39, 0.29) is 0 Å². The molecule has 0 saturated heterocycles. The summed E-state index contributed by atoms with van der Waals surface area (Å²) in [5.74, 6) is 0. The normalized spacial score (nSPS) is 13.8. The molecule has 0 rings (SSSR count). The van der Waals surface area contributed by atoms with E-state index < -0.39 is 6.10 Å². The maximum absolute atomic E-state index is 8.74. The monoisotopic (exact) mass is 113 g/mol. The van der Waals surface area contributed by atoms with Crippen molar-refractivity contribution in [3.05, 3.63) is 24.9 Å². The van der Waals surface area contributed by atoms with Crippen molar-refractivity contribution >= 4 is 0 Å². The van der Waals surface area contributed by atoms with Crippen LogP contribution in [-0.2, 0) is 0 Å². The highest BCUT2D eigenvalue weighted by Crippen LogP contribution is 1.82. The van der Waals surface area contributed by atoms with Gasteiger partial charge in [-0.05, 0) is 12.3 Å². The third kappa shape index (κ3) is 3.43. The van der Waals surface area contributed by atoms with Crippen molar-refractivity contribution in [2.24, 2.45) is 0 Å². The number of rotatable bonds is 3. The third-order valence-electron chi connectivity index (χ3n) is 0.702. The molecular weight excluding hydrogens is 102 g/mol. The predicted molar refractivity (Wildman–Crippen MR) is 34.4 cm³/mol. The summed E-state index contributed by atoms with van der Waals surface area (Å²) in [4.78, 5) is 0. The Labute approximate surface area is 49.5 Å². The van der Waals surface area contributed by atoms with Crippen LogP contribution in [0.4, 0.5) is 0 Å². The fourth-order valence-corrected chi connectivity index (χ4v) is 0.273. The molecule has 0 aromatic carbocycles. The van der Waals surface area contributed by atoms with Crippen LogP contribution >= 0.6 is 0 Å². The van der Waals surface area contributed by atoms with Crippen LogP contribution in [0.5, 0.6) is 0 Å². The van der Waals surface area contributed by atoms with E-state index in [0.29, 0.717) is 0 Å². The number of nitrogens with one attached hydrogen (secondary N) is 1. The standard InChI is InChI=1S/C6H11NO/c1-3-6(8)4-5-7-2/h3-8H,1H2,2H3/b5-4-. The Hall–Kier alpha value is -0.760. The van der Waals surface area contributed by atoms with Crippen LogP contribution in [0.1, 0.15) is 0 Å². The van der Waals surface area contributed by atoms with Gasteiger partial charge in [0.15, 0.2) is 0 Å². The van der Waals surface area contributed by atoms with E-state index in [1.807, 2.05) is 0 Å². The van der Waals surface area contributed by atoms with Gasteiger partial charge in [0.25, 0.3) is 0 Å². The summed E-state index contributed by atoms with van der Waals surface area (Å²) in [6.07, 6.45) is 4.19. The van der Waals surface area contributed by atoms with Gasteiger partial charge < -0.3 is 10.4 Å². The number of hydrogen-bond donors (Lipinski definition) is 2. The van der Waals surface area contributed by atoms with Crippen LogP contribution in [0.25, 0.3) is 0 Å². The first kappa shape index (κ1) is 7.24. The molecule has 0 saturated carbocycles. The van der Waals surface area contributed by atoms with Crippen LogP contribution < -0.4 is 5.32 Å². The Morgan fingerprint density at radius 2 is 2.38 bits per heavy atom. The topological polar surface area (TPSA) is 32.3 Å². The van der Waals surface area contributed by atoms with E-state index in [0.717, 1.165) is 0 Å². The van der Waals surface area contributed by atoms with E-state index in [4.69, 9.17) is 5.11 Å². The quantitative estimate of drug-likeness (QED) is 0.515. The van der Waals surface area contributed by atoms with Crippen LogP contribution in [-0.4, -0.2) is 18.3 Å². The lowest BCUT2D eigenvalue weighted by Crippen LogP contribution is -1.99. The number of hydrogen-bond acceptors (Lipinski definition) is 2. The highest BCUT2D eigenvalue weighted by Gasteiger charge is 1.84. The Morgan fingerprint density at radius 1 is 1.75 bits per heavy atom. The molecule has 0 aliphatic carbocycles. The predicted octanol–water partition coefficient (Wildman–Crippen LogP) is 0.266. The summed E-state index contributed by atoms with van der Waals surface area (Å²) >= 11 is 0. The van der Waals surface area contributed by atoms with E-state index in [2.05, 4.69) is 11.9 Å². The van der Waals surface area contributed by atoms with E-state index >= 15 is 0 Å². The molecule has 0 amide bonds. The molecular formula is C6H11NO. The summed E-state index contributed by atoms with van der Waals surface area (Å²) in [6.45, 7) is 3.38. The summed E-state index contributed by atoms with van der Waals surface area (Å²) in [7, 11) is 1.77. The zero-order valence-electron chi connectivity index (χ0n) is 4.96. The summed E-state index contributed by atoms with van der Waals surface area (Å²) in [6, 6.07) is 0. The van der Waals surface area contributed by atoms with Crippen molar-refractivity contribution in [2.45, 2.75) is 6.10 Å². The molecule has 1 unspecified atom stereocenters. The molecule has 0 bridgehead atoms. The van der Waals surface area contributed by atoms with Gasteiger partial charge in [0.1, 0.15) is 0 Å². The molecule has 0 spiro atoms. The SMILES string of the molecule is C=CC(O)/C=C\NC. The molecule has 1 atom stereocenters. The molecule has 0 aliphatic heterocycles. The highest BCUT2D eigenvalue weighted by molar-refractivity contribution is 4.95. The van der Waals surface area contributed by atoms with Gasteiger partial charge in [-0.3, -0.25) is 0 Å². The third-order valence-corrected chi connectivity index (χ3v) is 0.702. The number of aliphatic hydroxyl groups excluding tert-OH is 1. The van der Waals surface area contributed by atoms with Crippen LogP contribution in [0, 0.1) is 0 Å². The molecule has 2 nitrogen and oxygen atoms in total. The van der Waals surface area contributed by atoms with Gasteiger partial charge in [0, 0.05) is 7.05 Å². The average molecular weight is 113 g/mol. The summed E-state index contributed by atoms with van der Waals surface area (Å²) < 4.78 is 0. The van der Waals surface area contributed by atoms with Crippen molar-refractivity contribution < 1.29 is 5.11 Å². The highest BCUT2D eigenvalue weighted by atomic mass is 16.3. The zero-order valence-corrected chi connectivity index (χ0v) is 4.96. The first-order valence-corrected chi connectivity index (χ1v) is 2.46. The molecule has 0 radical (unpaired) electrons. The molecule has 8 heavy (non-hydrogen) atoms. The molecule has 0 aromatic rings.